The lowest BCUT2D eigenvalue weighted by atomic mass is 9.99. The summed E-state index contributed by atoms with van der Waals surface area (Å²) in [5, 5.41) is 7.52. The zero-order chi connectivity index (χ0) is 17.5. The molecule has 0 saturated carbocycles. The molecule has 0 aliphatic carbocycles. The van der Waals surface area contributed by atoms with Gasteiger partial charge in [0.05, 0.1) is 24.2 Å². The fraction of sp³-hybridized carbons (Fsp3) is 0.733. The zero-order valence-electron chi connectivity index (χ0n) is 13.6. The summed E-state index contributed by atoms with van der Waals surface area (Å²) in [7, 11) is 0. The number of rotatable bonds is 3. The maximum absolute atomic E-state index is 12.7. The summed E-state index contributed by atoms with van der Waals surface area (Å²) in [6.07, 6.45) is 1.69. The minimum absolute atomic E-state index is 0. The number of halogens is 2. The number of alkyl halides is 1. The van der Waals surface area contributed by atoms with Gasteiger partial charge in [-0.05, 0) is 0 Å². The lowest BCUT2D eigenvalue weighted by Gasteiger charge is -2.35. The molecule has 0 aromatic carbocycles. The summed E-state index contributed by atoms with van der Waals surface area (Å²) < 4.78 is 29.9. The number of hydrogen-bond donors (Lipinski definition) is 3. The summed E-state index contributed by atoms with van der Waals surface area (Å²) in [5.41, 5.74) is 6.50. The maximum atomic E-state index is 12.7. The number of hydrogen-bond acceptors (Lipinski definition) is 7. The molecular formula is C15H27F2N5OS. The van der Waals surface area contributed by atoms with Crippen molar-refractivity contribution in [3.8, 4) is 0 Å². The number of nitrogens with one attached hydrogen (secondary N) is 1. The number of ether oxygens (including phenoxy) is 1. The average Bonchev–Trinajstić information content (AvgIpc) is 2.56. The van der Waals surface area contributed by atoms with Crippen molar-refractivity contribution >= 4 is 24.1 Å². The van der Waals surface area contributed by atoms with Crippen LogP contribution in [0.2, 0.25) is 0 Å². The Hall–Kier alpha value is -0.870. The summed E-state index contributed by atoms with van der Waals surface area (Å²) in [6, 6.07) is 0. The molecular weight excluding hydrogens is 336 g/mol. The Balaban J connectivity index is 0.000000240. The van der Waals surface area contributed by atoms with Crippen LogP contribution in [0.1, 0.15) is 14.3 Å². The van der Waals surface area contributed by atoms with Crippen molar-refractivity contribution in [3.05, 3.63) is 12.0 Å². The Kier molecular flexibility index (Phi) is 7.76. The molecule has 2 unspecified atom stereocenters. The third-order valence-corrected chi connectivity index (χ3v) is 4.52. The van der Waals surface area contributed by atoms with Gasteiger partial charge in [0, 0.05) is 47.0 Å². The number of fused-ring (bicyclic) bond motifs is 1. The van der Waals surface area contributed by atoms with Crippen LogP contribution >= 0.6 is 12.6 Å². The zero-order valence-corrected chi connectivity index (χ0v) is 14.5. The van der Waals surface area contributed by atoms with Gasteiger partial charge in [0.15, 0.2) is 0 Å². The Bertz CT molecular complexity index is 498. The van der Waals surface area contributed by atoms with Crippen LogP contribution in [0.5, 0.6) is 0 Å². The van der Waals surface area contributed by atoms with Crippen LogP contribution in [0.15, 0.2) is 17.0 Å². The van der Waals surface area contributed by atoms with Gasteiger partial charge in [0.1, 0.15) is 24.1 Å². The molecule has 0 aromatic rings. The van der Waals surface area contributed by atoms with Crippen molar-refractivity contribution in [2.24, 2.45) is 10.7 Å². The Morgan fingerprint density at radius 1 is 1.46 bits per heavy atom. The molecule has 0 amide bonds. The first-order chi connectivity index (χ1) is 11.5. The predicted octanol–water partition coefficient (Wildman–Crippen LogP) is 1.44. The number of aliphatic imine (C=N–C) groups is 1. The second-order valence-corrected chi connectivity index (χ2v) is 6.39. The molecule has 0 aromatic heterocycles. The molecule has 3 N–H and O–H groups in total. The van der Waals surface area contributed by atoms with E-state index in [-0.39, 0.29) is 32.0 Å². The van der Waals surface area contributed by atoms with Crippen molar-refractivity contribution in [1.82, 2.24) is 9.80 Å². The lowest BCUT2D eigenvalue weighted by molar-refractivity contribution is 0.0937. The van der Waals surface area contributed by atoms with E-state index in [1.54, 1.807) is 0 Å². The van der Waals surface area contributed by atoms with Gasteiger partial charge in [0.25, 0.3) is 0 Å². The van der Waals surface area contributed by atoms with Crippen LogP contribution in [0.25, 0.3) is 0 Å². The molecule has 3 rings (SSSR count). The molecule has 2 fully saturated rings. The maximum Gasteiger partial charge on any atom is 0.121 e. The largest absolute Gasteiger partial charge is 0.371 e. The molecule has 2 atom stereocenters. The smallest absolute Gasteiger partial charge is 0.121 e. The number of thiol groups is 1. The third kappa shape index (κ3) is 5.59. The van der Waals surface area contributed by atoms with Crippen molar-refractivity contribution in [3.63, 3.8) is 0 Å². The van der Waals surface area contributed by atoms with Gasteiger partial charge in [-0.2, -0.15) is 0 Å². The fourth-order valence-electron chi connectivity index (χ4n) is 2.76. The SMILES string of the molecule is N=C1CCOC2CC(F)=CN=C12.NC(S)N1CCN(CCF)CC1.[HH]. The molecule has 3 aliphatic heterocycles. The van der Waals surface area contributed by atoms with E-state index in [4.69, 9.17) is 15.9 Å². The first-order valence-corrected chi connectivity index (χ1v) is 8.60. The third-order valence-electron chi connectivity index (χ3n) is 4.19. The van der Waals surface area contributed by atoms with Crippen LogP contribution in [0.3, 0.4) is 0 Å². The van der Waals surface area contributed by atoms with E-state index in [0.29, 0.717) is 31.0 Å². The Morgan fingerprint density at radius 3 is 2.79 bits per heavy atom. The molecule has 24 heavy (non-hydrogen) atoms. The van der Waals surface area contributed by atoms with Crippen molar-refractivity contribution < 1.29 is 14.9 Å². The Labute approximate surface area is 148 Å². The van der Waals surface area contributed by atoms with E-state index in [1.165, 1.54) is 6.20 Å². The van der Waals surface area contributed by atoms with Crippen molar-refractivity contribution in [2.75, 3.05) is 46.0 Å². The van der Waals surface area contributed by atoms with Crippen molar-refractivity contribution in [1.29, 1.82) is 5.41 Å². The summed E-state index contributed by atoms with van der Waals surface area (Å²) in [5.74, 6) is -0.265. The Morgan fingerprint density at radius 2 is 2.17 bits per heavy atom. The topological polar surface area (TPSA) is 77.9 Å². The van der Waals surface area contributed by atoms with Crippen LogP contribution in [-0.2, 0) is 4.74 Å². The number of piperazine rings is 1. The van der Waals surface area contributed by atoms with Gasteiger partial charge in [0.2, 0.25) is 0 Å². The highest BCUT2D eigenvalue weighted by Crippen LogP contribution is 2.21. The second kappa shape index (κ2) is 9.57. The van der Waals surface area contributed by atoms with E-state index < -0.39 is 0 Å². The molecule has 6 nitrogen and oxygen atoms in total. The minimum atomic E-state index is -0.309. The van der Waals surface area contributed by atoms with Gasteiger partial charge >= 0.3 is 0 Å². The number of nitrogens with zero attached hydrogens (tertiary/aromatic N) is 3. The van der Waals surface area contributed by atoms with Crippen LogP contribution in [-0.4, -0.2) is 78.8 Å². The van der Waals surface area contributed by atoms with Gasteiger partial charge in [-0.1, -0.05) is 0 Å². The number of nitrogens with two attached hydrogens (primary N) is 1. The van der Waals surface area contributed by atoms with Gasteiger partial charge in [-0.15, -0.1) is 12.6 Å². The molecule has 2 saturated heterocycles. The van der Waals surface area contributed by atoms with Gasteiger partial charge < -0.3 is 15.9 Å². The second-order valence-electron chi connectivity index (χ2n) is 5.86. The van der Waals surface area contributed by atoms with E-state index >= 15 is 0 Å². The normalized spacial score (nSPS) is 26.7. The van der Waals surface area contributed by atoms with Crippen molar-refractivity contribution in [2.45, 2.75) is 24.4 Å². The van der Waals surface area contributed by atoms with E-state index in [9.17, 15) is 8.78 Å². The fourth-order valence-corrected chi connectivity index (χ4v) is 2.99. The van der Waals surface area contributed by atoms with Crippen LogP contribution in [0, 0.1) is 5.41 Å². The van der Waals surface area contributed by atoms with Gasteiger partial charge in [-0.25, -0.2) is 8.78 Å². The lowest BCUT2D eigenvalue weighted by Crippen LogP contribution is -2.51. The molecule has 0 spiro atoms. The minimum Gasteiger partial charge on any atom is -0.371 e. The molecule has 9 heteroatoms. The molecule has 138 valence electrons. The summed E-state index contributed by atoms with van der Waals surface area (Å²) >= 11 is 4.13. The van der Waals surface area contributed by atoms with E-state index in [0.717, 1.165) is 26.2 Å². The highest BCUT2D eigenvalue weighted by molar-refractivity contribution is 7.80. The monoisotopic (exact) mass is 363 g/mol. The first-order valence-electron chi connectivity index (χ1n) is 8.09. The first kappa shape index (κ1) is 19.5. The predicted molar refractivity (Wildman–Crippen MR) is 96.4 cm³/mol. The quantitative estimate of drug-likeness (QED) is 0.524. The summed E-state index contributed by atoms with van der Waals surface area (Å²) in [6.45, 7) is 4.39. The standard InChI is InChI=1S/C8H9FN2O.C7H16FN3S.H2/c9-5-3-7-8(11-4-5)6(10)1-2-12-7;8-1-2-10-3-5-11(6-4-10)7(9)12;/h4,7,10H,1-3H2;7,12H,1-6,9H2;1H. The van der Waals surface area contributed by atoms with E-state index in [2.05, 4.69) is 27.4 Å². The molecule has 0 bridgehead atoms. The molecule has 3 heterocycles. The van der Waals surface area contributed by atoms with Gasteiger partial charge in [-0.3, -0.25) is 14.8 Å². The highest BCUT2D eigenvalue weighted by Gasteiger charge is 2.28. The summed E-state index contributed by atoms with van der Waals surface area (Å²) in [4.78, 5) is 8.03. The molecule has 0 radical (unpaired) electrons. The van der Waals surface area contributed by atoms with E-state index in [1.807, 2.05) is 0 Å². The van der Waals surface area contributed by atoms with Crippen LogP contribution < -0.4 is 5.73 Å². The highest BCUT2D eigenvalue weighted by atomic mass is 32.1. The molecule has 3 aliphatic rings. The van der Waals surface area contributed by atoms with Crippen LogP contribution in [0.4, 0.5) is 8.78 Å². The average molecular weight is 363 g/mol.